The van der Waals surface area contributed by atoms with Crippen molar-refractivity contribution in [3.8, 4) is 11.5 Å². The molecule has 31 heavy (non-hydrogen) atoms. The molecule has 0 fully saturated rings. The molecule has 0 saturated carbocycles. The van der Waals surface area contributed by atoms with Gasteiger partial charge < -0.3 is 19.7 Å². The zero-order chi connectivity index (χ0) is 22.1. The fourth-order valence-corrected chi connectivity index (χ4v) is 3.16. The number of hydrogen-bond acceptors (Lipinski definition) is 4. The van der Waals surface area contributed by atoms with Gasteiger partial charge in [0.05, 0.1) is 5.56 Å². The standard InChI is InChI=1S/C25H24O6/c26-24(27)17-30-22-13-14-23(31-16-19-5-2-1-3-6-19)21(15-22)8-4-7-18-9-11-20(12-10-18)25(28)29/h1-3,5-6,9-15H,4,7-8,16-17H2,(H,26,27)(H,28,29). The average molecular weight is 420 g/mol. The molecular weight excluding hydrogens is 396 g/mol. The molecule has 2 N–H and O–H groups in total. The van der Waals surface area contributed by atoms with Crippen molar-refractivity contribution < 1.29 is 29.3 Å². The van der Waals surface area contributed by atoms with Gasteiger partial charge in [-0.2, -0.15) is 0 Å². The van der Waals surface area contributed by atoms with Crippen molar-refractivity contribution in [3.05, 3.63) is 95.1 Å². The maximum absolute atomic E-state index is 11.0. The highest BCUT2D eigenvalue weighted by Crippen LogP contribution is 2.27. The van der Waals surface area contributed by atoms with E-state index in [-0.39, 0.29) is 5.56 Å². The summed E-state index contributed by atoms with van der Waals surface area (Å²) in [4.78, 5) is 21.8. The normalized spacial score (nSPS) is 10.5. The predicted molar refractivity (Wildman–Crippen MR) is 116 cm³/mol. The number of aliphatic carboxylic acids is 1. The Labute approximate surface area is 180 Å². The molecule has 0 saturated heterocycles. The van der Waals surface area contributed by atoms with Gasteiger partial charge in [0.2, 0.25) is 0 Å². The van der Waals surface area contributed by atoms with Crippen LogP contribution in [0.15, 0.2) is 72.8 Å². The van der Waals surface area contributed by atoms with Crippen molar-refractivity contribution in [2.75, 3.05) is 6.61 Å². The van der Waals surface area contributed by atoms with Crippen LogP contribution in [0, 0.1) is 0 Å². The first-order valence-corrected chi connectivity index (χ1v) is 9.98. The van der Waals surface area contributed by atoms with Gasteiger partial charge in [0.15, 0.2) is 6.61 Å². The van der Waals surface area contributed by atoms with E-state index < -0.39 is 18.5 Å². The van der Waals surface area contributed by atoms with E-state index >= 15 is 0 Å². The van der Waals surface area contributed by atoms with Gasteiger partial charge in [-0.15, -0.1) is 0 Å². The quantitative estimate of drug-likeness (QED) is 0.471. The van der Waals surface area contributed by atoms with Crippen molar-refractivity contribution >= 4 is 11.9 Å². The average Bonchev–Trinajstić information content (AvgIpc) is 2.78. The molecule has 6 nitrogen and oxygen atoms in total. The van der Waals surface area contributed by atoms with Crippen LogP contribution in [-0.4, -0.2) is 28.8 Å². The molecule has 0 amide bonds. The second-order valence-corrected chi connectivity index (χ2v) is 7.08. The van der Waals surface area contributed by atoms with Crippen LogP contribution in [0.5, 0.6) is 11.5 Å². The summed E-state index contributed by atoms with van der Waals surface area (Å²) < 4.78 is 11.3. The van der Waals surface area contributed by atoms with Gasteiger partial charge >= 0.3 is 11.9 Å². The minimum absolute atomic E-state index is 0.267. The molecule has 0 aromatic heterocycles. The van der Waals surface area contributed by atoms with Gasteiger partial charge in [0.1, 0.15) is 18.1 Å². The van der Waals surface area contributed by atoms with Crippen molar-refractivity contribution in [3.63, 3.8) is 0 Å². The Morgan fingerprint density at radius 3 is 2.19 bits per heavy atom. The Kier molecular flexibility index (Phi) is 7.65. The summed E-state index contributed by atoms with van der Waals surface area (Å²) >= 11 is 0. The first-order valence-electron chi connectivity index (χ1n) is 9.98. The third-order valence-corrected chi connectivity index (χ3v) is 4.74. The molecule has 3 aromatic carbocycles. The summed E-state index contributed by atoms with van der Waals surface area (Å²) in [5.74, 6) is -0.760. The highest BCUT2D eigenvalue weighted by molar-refractivity contribution is 5.87. The number of carbonyl (C=O) groups is 2. The van der Waals surface area contributed by atoms with Gasteiger partial charge in [-0.3, -0.25) is 0 Å². The maximum atomic E-state index is 11.0. The first-order chi connectivity index (χ1) is 15.0. The van der Waals surface area contributed by atoms with Crippen molar-refractivity contribution in [2.24, 2.45) is 0 Å². The van der Waals surface area contributed by atoms with Crippen LogP contribution in [-0.2, 0) is 24.2 Å². The van der Waals surface area contributed by atoms with E-state index in [0.29, 0.717) is 18.8 Å². The Balaban J connectivity index is 1.67. The summed E-state index contributed by atoms with van der Waals surface area (Å²) in [7, 11) is 0. The van der Waals surface area contributed by atoms with Crippen LogP contribution >= 0.6 is 0 Å². The second kappa shape index (κ2) is 10.8. The molecule has 3 rings (SSSR count). The lowest BCUT2D eigenvalue weighted by molar-refractivity contribution is -0.139. The maximum Gasteiger partial charge on any atom is 0.341 e. The number of carboxylic acids is 2. The Morgan fingerprint density at radius 1 is 0.774 bits per heavy atom. The highest BCUT2D eigenvalue weighted by atomic mass is 16.5. The summed E-state index contributed by atoms with van der Waals surface area (Å²) in [5.41, 5.74) is 3.30. The van der Waals surface area contributed by atoms with E-state index in [2.05, 4.69) is 0 Å². The van der Waals surface area contributed by atoms with E-state index in [1.54, 1.807) is 24.3 Å². The molecule has 6 heteroatoms. The zero-order valence-electron chi connectivity index (χ0n) is 17.0. The molecule has 0 aliphatic carbocycles. The number of aromatic carboxylic acids is 1. The van der Waals surface area contributed by atoms with Crippen LogP contribution in [0.4, 0.5) is 0 Å². The van der Waals surface area contributed by atoms with Gasteiger partial charge in [-0.05, 0) is 66.3 Å². The van der Waals surface area contributed by atoms with Crippen LogP contribution in [0.3, 0.4) is 0 Å². The molecule has 3 aromatic rings. The van der Waals surface area contributed by atoms with E-state index in [1.807, 2.05) is 48.5 Å². The Hall–Kier alpha value is -3.80. The summed E-state index contributed by atoms with van der Waals surface area (Å²) in [6.07, 6.45) is 2.30. The molecular formula is C25H24O6. The van der Waals surface area contributed by atoms with Gasteiger partial charge in [-0.25, -0.2) is 9.59 Å². The number of aryl methyl sites for hydroxylation is 2. The van der Waals surface area contributed by atoms with Crippen molar-refractivity contribution in [2.45, 2.75) is 25.9 Å². The lowest BCUT2D eigenvalue weighted by Crippen LogP contribution is -2.09. The van der Waals surface area contributed by atoms with E-state index in [0.717, 1.165) is 35.3 Å². The molecule has 0 heterocycles. The zero-order valence-corrected chi connectivity index (χ0v) is 17.0. The van der Waals surface area contributed by atoms with Crippen LogP contribution in [0.25, 0.3) is 0 Å². The molecule has 0 spiro atoms. The van der Waals surface area contributed by atoms with Gasteiger partial charge in [-0.1, -0.05) is 42.5 Å². The highest BCUT2D eigenvalue weighted by Gasteiger charge is 2.09. The third kappa shape index (κ3) is 6.89. The predicted octanol–water partition coefficient (Wildman–Crippen LogP) is 4.60. The fourth-order valence-electron chi connectivity index (χ4n) is 3.16. The van der Waals surface area contributed by atoms with Crippen LogP contribution in [0.1, 0.15) is 33.5 Å². The van der Waals surface area contributed by atoms with E-state index in [9.17, 15) is 9.59 Å². The van der Waals surface area contributed by atoms with Crippen LogP contribution in [0.2, 0.25) is 0 Å². The van der Waals surface area contributed by atoms with Gasteiger partial charge in [0, 0.05) is 0 Å². The van der Waals surface area contributed by atoms with Crippen LogP contribution < -0.4 is 9.47 Å². The second-order valence-electron chi connectivity index (χ2n) is 7.08. The minimum atomic E-state index is -1.03. The van der Waals surface area contributed by atoms with Crippen molar-refractivity contribution in [1.29, 1.82) is 0 Å². The van der Waals surface area contributed by atoms with E-state index in [1.165, 1.54) is 0 Å². The summed E-state index contributed by atoms with van der Waals surface area (Å²) in [6.45, 7) is 0.0272. The molecule has 0 unspecified atom stereocenters. The SMILES string of the molecule is O=C(O)COc1ccc(OCc2ccccc2)c(CCCc2ccc(C(=O)O)cc2)c1. The lowest BCUT2D eigenvalue weighted by Gasteiger charge is -2.14. The number of benzene rings is 3. The Morgan fingerprint density at radius 2 is 1.52 bits per heavy atom. The number of ether oxygens (including phenoxy) is 2. The smallest absolute Gasteiger partial charge is 0.341 e. The van der Waals surface area contributed by atoms with E-state index in [4.69, 9.17) is 19.7 Å². The monoisotopic (exact) mass is 420 g/mol. The van der Waals surface area contributed by atoms with Crippen molar-refractivity contribution in [1.82, 2.24) is 0 Å². The largest absolute Gasteiger partial charge is 0.489 e. The number of carboxylic acid groups (broad SMARTS) is 2. The molecule has 0 aliphatic heterocycles. The molecule has 0 atom stereocenters. The molecule has 0 aliphatic rings. The molecule has 0 bridgehead atoms. The fraction of sp³-hybridized carbons (Fsp3) is 0.200. The summed E-state index contributed by atoms with van der Waals surface area (Å²) in [6, 6.07) is 22.0. The number of rotatable bonds is 11. The third-order valence-electron chi connectivity index (χ3n) is 4.74. The molecule has 0 radical (unpaired) electrons. The van der Waals surface area contributed by atoms with Gasteiger partial charge in [0.25, 0.3) is 0 Å². The minimum Gasteiger partial charge on any atom is -0.489 e. The molecule has 160 valence electrons. The first kappa shape index (κ1) is 21.9. The lowest BCUT2D eigenvalue weighted by atomic mass is 10.0. The number of hydrogen-bond donors (Lipinski definition) is 2. The topological polar surface area (TPSA) is 93.1 Å². The summed E-state index contributed by atoms with van der Waals surface area (Å²) in [5, 5.41) is 17.8. The Bertz CT molecular complexity index is 1010.